The summed E-state index contributed by atoms with van der Waals surface area (Å²) < 4.78 is 10.6. The fourth-order valence-electron chi connectivity index (χ4n) is 1.85. The summed E-state index contributed by atoms with van der Waals surface area (Å²) in [6, 6.07) is 5.60. The molecule has 0 spiro atoms. The van der Waals surface area contributed by atoms with Crippen LogP contribution in [0.1, 0.15) is 39.2 Å². The highest BCUT2D eigenvalue weighted by Crippen LogP contribution is 2.27. The zero-order valence-electron chi connectivity index (χ0n) is 12.9. The van der Waals surface area contributed by atoms with Crippen molar-refractivity contribution in [3.8, 4) is 5.75 Å². The third-order valence-electron chi connectivity index (χ3n) is 2.94. The van der Waals surface area contributed by atoms with Crippen molar-refractivity contribution in [2.75, 3.05) is 13.2 Å². The van der Waals surface area contributed by atoms with Crippen LogP contribution in [0.2, 0.25) is 5.02 Å². The zero-order chi connectivity index (χ0) is 15.7. The Bertz CT molecular complexity index is 451. The van der Waals surface area contributed by atoms with Gasteiger partial charge in [0.2, 0.25) is 0 Å². The molecule has 0 aromatic heterocycles. The fraction of sp³-hybridized carbons (Fsp3) is 0.562. The minimum absolute atomic E-state index is 0.342. The number of carbonyl (C=O) groups is 1. The Morgan fingerprint density at radius 3 is 2.67 bits per heavy atom. The Kier molecular flexibility index (Phi) is 8.16. The number of carbonyl (C=O) groups excluding carboxylic acids is 1. The summed E-state index contributed by atoms with van der Waals surface area (Å²) in [5, 5.41) is 3.82. The van der Waals surface area contributed by atoms with E-state index in [0.29, 0.717) is 23.8 Å². The first-order chi connectivity index (χ1) is 10.1. The number of hydrogen-bond acceptors (Lipinski definition) is 4. The molecule has 1 aromatic rings. The lowest BCUT2D eigenvalue weighted by Gasteiger charge is -2.17. The maximum absolute atomic E-state index is 11.7. The second kappa shape index (κ2) is 9.64. The fourth-order valence-corrected chi connectivity index (χ4v) is 2.09. The molecule has 1 rings (SSSR count). The van der Waals surface area contributed by atoms with Crippen LogP contribution < -0.4 is 10.1 Å². The zero-order valence-corrected chi connectivity index (χ0v) is 13.7. The number of halogens is 1. The van der Waals surface area contributed by atoms with Crippen molar-refractivity contribution < 1.29 is 14.3 Å². The van der Waals surface area contributed by atoms with Crippen LogP contribution in [0.4, 0.5) is 0 Å². The molecule has 0 saturated heterocycles. The highest BCUT2D eigenvalue weighted by Gasteiger charge is 2.20. The molecule has 0 heterocycles. The molecule has 0 aliphatic rings. The Balaban J connectivity index is 2.68. The van der Waals surface area contributed by atoms with E-state index in [9.17, 15) is 4.79 Å². The molecular weight excluding hydrogens is 290 g/mol. The molecule has 5 heteroatoms. The molecule has 1 aromatic carbocycles. The maximum Gasteiger partial charge on any atom is 0.347 e. The molecule has 1 N–H and O–H groups in total. The molecule has 1 unspecified atom stereocenters. The van der Waals surface area contributed by atoms with Crippen LogP contribution in [0.3, 0.4) is 0 Å². The van der Waals surface area contributed by atoms with Crippen LogP contribution in [0.25, 0.3) is 0 Å². The predicted molar refractivity (Wildman–Crippen MR) is 84.8 cm³/mol. The van der Waals surface area contributed by atoms with Gasteiger partial charge in [-0.1, -0.05) is 31.5 Å². The maximum atomic E-state index is 11.7. The molecule has 0 fully saturated rings. The second-order valence-corrected chi connectivity index (χ2v) is 5.12. The van der Waals surface area contributed by atoms with Gasteiger partial charge in [-0.25, -0.2) is 4.79 Å². The number of ether oxygens (including phenoxy) is 2. The first kappa shape index (κ1) is 17.8. The van der Waals surface area contributed by atoms with E-state index in [1.165, 1.54) is 0 Å². The van der Waals surface area contributed by atoms with E-state index < -0.39 is 6.10 Å². The van der Waals surface area contributed by atoms with Crippen LogP contribution in [-0.4, -0.2) is 25.2 Å². The third kappa shape index (κ3) is 5.94. The first-order valence-electron chi connectivity index (χ1n) is 7.44. The standard InChI is InChI=1S/C16H24ClNO3/c1-4-9-18-11-12-7-8-15(13(17)10-12)21-14(5-2)16(19)20-6-3/h7-8,10,14,18H,4-6,9,11H2,1-3H3. The molecule has 0 aliphatic heterocycles. The number of hydrogen-bond donors (Lipinski definition) is 1. The monoisotopic (exact) mass is 313 g/mol. The van der Waals surface area contributed by atoms with Gasteiger partial charge in [-0.15, -0.1) is 0 Å². The van der Waals surface area contributed by atoms with E-state index in [1.807, 2.05) is 19.1 Å². The van der Waals surface area contributed by atoms with Crippen molar-refractivity contribution in [2.24, 2.45) is 0 Å². The topological polar surface area (TPSA) is 47.6 Å². The third-order valence-corrected chi connectivity index (χ3v) is 3.24. The number of rotatable bonds is 9. The molecule has 4 nitrogen and oxygen atoms in total. The van der Waals surface area contributed by atoms with Crippen LogP contribution in [0, 0.1) is 0 Å². The average molecular weight is 314 g/mol. The molecule has 0 aliphatic carbocycles. The smallest absolute Gasteiger partial charge is 0.347 e. The second-order valence-electron chi connectivity index (χ2n) is 4.71. The summed E-state index contributed by atoms with van der Waals surface area (Å²) in [6.07, 6.45) is 1.01. The molecular formula is C16H24ClNO3. The first-order valence-corrected chi connectivity index (χ1v) is 7.82. The van der Waals surface area contributed by atoms with E-state index in [1.54, 1.807) is 13.0 Å². The summed E-state index contributed by atoms with van der Waals surface area (Å²) in [5.41, 5.74) is 1.09. The van der Waals surface area contributed by atoms with Gasteiger partial charge in [0.15, 0.2) is 6.10 Å². The number of esters is 1. The summed E-state index contributed by atoms with van der Waals surface area (Å²) in [6.45, 7) is 7.85. The minimum Gasteiger partial charge on any atom is -0.477 e. The van der Waals surface area contributed by atoms with Crippen LogP contribution in [0.5, 0.6) is 5.75 Å². The van der Waals surface area contributed by atoms with Crippen LogP contribution >= 0.6 is 11.6 Å². The summed E-state index contributed by atoms with van der Waals surface area (Å²) >= 11 is 6.22. The van der Waals surface area contributed by atoms with Gasteiger partial charge in [-0.05, 0) is 44.0 Å². The number of benzene rings is 1. The van der Waals surface area contributed by atoms with Gasteiger partial charge in [0.1, 0.15) is 5.75 Å². The van der Waals surface area contributed by atoms with Crippen molar-refractivity contribution in [3.05, 3.63) is 28.8 Å². The highest BCUT2D eigenvalue weighted by atomic mass is 35.5. The van der Waals surface area contributed by atoms with Crippen molar-refractivity contribution in [3.63, 3.8) is 0 Å². The Morgan fingerprint density at radius 1 is 1.33 bits per heavy atom. The van der Waals surface area contributed by atoms with Crippen LogP contribution in [-0.2, 0) is 16.1 Å². The molecule has 21 heavy (non-hydrogen) atoms. The molecule has 0 amide bonds. The van der Waals surface area contributed by atoms with E-state index in [0.717, 1.165) is 25.1 Å². The van der Waals surface area contributed by atoms with Crippen molar-refractivity contribution in [1.29, 1.82) is 0 Å². The van der Waals surface area contributed by atoms with E-state index in [2.05, 4.69) is 12.2 Å². The van der Waals surface area contributed by atoms with Crippen LogP contribution in [0.15, 0.2) is 18.2 Å². The quantitative estimate of drug-likeness (QED) is 0.559. The largest absolute Gasteiger partial charge is 0.477 e. The van der Waals surface area contributed by atoms with Gasteiger partial charge in [0, 0.05) is 6.54 Å². The predicted octanol–water partition coefficient (Wildman–Crippen LogP) is 3.56. The molecule has 118 valence electrons. The molecule has 0 radical (unpaired) electrons. The van der Waals surface area contributed by atoms with E-state index in [-0.39, 0.29) is 5.97 Å². The van der Waals surface area contributed by atoms with Gasteiger partial charge in [0.25, 0.3) is 0 Å². The normalized spacial score (nSPS) is 12.0. The lowest BCUT2D eigenvalue weighted by molar-refractivity contribution is -0.151. The molecule has 0 bridgehead atoms. The summed E-state index contributed by atoms with van der Waals surface area (Å²) in [5.74, 6) is 0.153. The van der Waals surface area contributed by atoms with Gasteiger partial charge in [-0.3, -0.25) is 0 Å². The summed E-state index contributed by atoms with van der Waals surface area (Å²) in [7, 11) is 0. The van der Waals surface area contributed by atoms with Crippen molar-refractivity contribution in [1.82, 2.24) is 5.32 Å². The Morgan fingerprint density at radius 2 is 2.10 bits per heavy atom. The van der Waals surface area contributed by atoms with Crippen molar-refractivity contribution >= 4 is 17.6 Å². The Hall–Kier alpha value is -1.26. The average Bonchev–Trinajstić information content (AvgIpc) is 2.47. The summed E-state index contributed by atoms with van der Waals surface area (Å²) in [4.78, 5) is 11.7. The lowest BCUT2D eigenvalue weighted by atomic mass is 10.2. The van der Waals surface area contributed by atoms with Gasteiger partial charge >= 0.3 is 5.97 Å². The lowest BCUT2D eigenvalue weighted by Crippen LogP contribution is -2.28. The Labute approximate surface area is 131 Å². The number of nitrogens with one attached hydrogen (secondary N) is 1. The van der Waals surface area contributed by atoms with E-state index in [4.69, 9.17) is 21.1 Å². The van der Waals surface area contributed by atoms with Gasteiger partial charge < -0.3 is 14.8 Å². The molecule has 1 atom stereocenters. The minimum atomic E-state index is -0.619. The van der Waals surface area contributed by atoms with Crippen molar-refractivity contribution in [2.45, 2.75) is 46.3 Å². The molecule has 0 saturated carbocycles. The van der Waals surface area contributed by atoms with Gasteiger partial charge in [-0.2, -0.15) is 0 Å². The van der Waals surface area contributed by atoms with E-state index >= 15 is 0 Å². The highest BCUT2D eigenvalue weighted by molar-refractivity contribution is 6.32. The SMILES string of the molecule is CCCNCc1ccc(OC(CC)C(=O)OCC)c(Cl)c1. The van der Waals surface area contributed by atoms with Gasteiger partial charge in [0.05, 0.1) is 11.6 Å².